The van der Waals surface area contributed by atoms with Gasteiger partial charge < -0.3 is 9.88 Å². The largest absolute Gasteiger partial charge is 0.336 e. The van der Waals surface area contributed by atoms with Gasteiger partial charge in [0, 0.05) is 31.7 Å². The smallest absolute Gasteiger partial charge is 0.333 e. The molecule has 1 saturated heterocycles. The molecule has 0 saturated carbocycles. The SMILES string of the molecule is CS(=O)(=O)N1CCN(C(=O)c2ccc3c(=O)n(-c4ccccc4)c(=O)[nH]c3c2)CC1. The molecule has 4 rings (SSSR count). The Labute approximate surface area is 172 Å². The predicted molar refractivity (Wildman–Crippen MR) is 112 cm³/mol. The van der Waals surface area contributed by atoms with Crippen LogP contribution in [-0.4, -0.2) is 65.5 Å². The molecule has 3 aromatic rings. The fourth-order valence-electron chi connectivity index (χ4n) is 3.57. The Morgan fingerprint density at radius 1 is 0.967 bits per heavy atom. The summed E-state index contributed by atoms with van der Waals surface area (Å²) >= 11 is 0. The molecule has 0 atom stereocenters. The van der Waals surface area contributed by atoms with Crippen LogP contribution in [0.2, 0.25) is 0 Å². The number of carbonyl (C=O) groups is 1. The van der Waals surface area contributed by atoms with Crippen molar-refractivity contribution in [1.29, 1.82) is 0 Å². The van der Waals surface area contributed by atoms with Crippen LogP contribution in [-0.2, 0) is 10.0 Å². The lowest BCUT2D eigenvalue weighted by molar-refractivity contribution is 0.0698. The molecule has 1 N–H and O–H groups in total. The van der Waals surface area contributed by atoms with E-state index in [1.807, 2.05) is 0 Å². The Balaban J connectivity index is 1.66. The van der Waals surface area contributed by atoms with Crippen molar-refractivity contribution in [1.82, 2.24) is 18.8 Å². The van der Waals surface area contributed by atoms with E-state index in [2.05, 4.69) is 4.98 Å². The van der Waals surface area contributed by atoms with Crippen LogP contribution in [0.1, 0.15) is 10.4 Å². The number of fused-ring (bicyclic) bond motifs is 1. The van der Waals surface area contributed by atoms with Gasteiger partial charge in [-0.15, -0.1) is 0 Å². The van der Waals surface area contributed by atoms with E-state index >= 15 is 0 Å². The second-order valence-corrected chi connectivity index (χ2v) is 9.10. The number of aromatic amines is 1. The molecule has 2 aromatic carbocycles. The zero-order valence-electron chi connectivity index (χ0n) is 16.2. The van der Waals surface area contributed by atoms with Gasteiger partial charge in [0.2, 0.25) is 10.0 Å². The third kappa shape index (κ3) is 3.66. The maximum Gasteiger partial charge on any atom is 0.333 e. The summed E-state index contributed by atoms with van der Waals surface area (Å²) in [5.74, 6) is -0.280. The van der Waals surface area contributed by atoms with Crippen LogP contribution in [0.5, 0.6) is 0 Å². The number of benzene rings is 2. The molecule has 30 heavy (non-hydrogen) atoms. The maximum atomic E-state index is 12.8. The molecule has 156 valence electrons. The molecule has 1 fully saturated rings. The van der Waals surface area contributed by atoms with E-state index in [1.165, 1.54) is 16.4 Å². The fraction of sp³-hybridized carbons (Fsp3) is 0.250. The Hall–Kier alpha value is -3.24. The van der Waals surface area contributed by atoms with E-state index in [9.17, 15) is 22.8 Å². The molecule has 2 heterocycles. The normalized spacial score (nSPS) is 15.4. The van der Waals surface area contributed by atoms with E-state index < -0.39 is 21.3 Å². The van der Waals surface area contributed by atoms with Gasteiger partial charge >= 0.3 is 5.69 Å². The average Bonchev–Trinajstić information content (AvgIpc) is 2.73. The topological polar surface area (TPSA) is 113 Å². The van der Waals surface area contributed by atoms with Crippen LogP contribution in [0.25, 0.3) is 16.6 Å². The zero-order valence-corrected chi connectivity index (χ0v) is 17.1. The fourth-order valence-corrected chi connectivity index (χ4v) is 4.39. The van der Waals surface area contributed by atoms with Crippen LogP contribution in [0.3, 0.4) is 0 Å². The number of piperazine rings is 1. The molecular weight excluding hydrogens is 408 g/mol. The summed E-state index contributed by atoms with van der Waals surface area (Å²) in [5.41, 5.74) is -0.0130. The standard InChI is InChI=1S/C20H20N4O5S/c1-30(28,29)23-11-9-22(10-12-23)18(25)14-7-8-16-17(13-14)21-20(27)24(19(16)26)15-5-3-2-4-6-15/h2-8,13H,9-12H2,1H3,(H,21,27). The first-order valence-corrected chi connectivity index (χ1v) is 11.2. The van der Waals surface area contributed by atoms with Crippen LogP contribution >= 0.6 is 0 Å². The van der Waals surface area contributed by atoms with Crippen LogP contribution < -0.4 is 11.2 Å². The minimum atomic E-state index is -3.29. The van der Waals surface area contributed by atoms with E-state index in [0.717, 1.165) is 10.8 Å². The highest BCUT2D eigenvalue weighted by atomic mass is 32.2. The Morgan fingerprint density at radius 3 is 2.27 bits per heavy atom. The molecule has 9 nitrogen and oxygen atoms in total. The van der Waals surface area contributed by atoms with Gasteiger partial charge in [-0.1, -0.05) is 18.2 Å². The lowest BCUT2D eigenvalue weighted by Gasteiger charge is -2.33. The number of hydrogen-bond acceptors (Lipinski definition) is 5. The number of sulfonamides is 1. The second kappa shape index (κ2) is 7.54. The molecule has 0 radical (unpaired) electrons. The molecule has 0 bridgehead atoms. The summed E-state index contributed by atoms with van der Waals surface area (Å²) in [6.45, 7) is 1.01. The Bertz CT molecular complexity index is 1340. The highest BCUT2D eigenvalue weighted by Gasteiger charge is 2.26. The summed E-state index contributed by atoms with van der Waals surface area (Å²) in [5, 5.41) is 0.289. The minimum absolute atomic E-state index is 0.233. The monoisotopic (exact) mass is 428 g/mol. The lowest BCUT2D eigenvalue weighted by atomic mass is 10.1. The van der Waals surface area contributed by atoms with Gasteiger partial charge in [0.1, 0.15) is 0 Å². The van der Waals surface area contributed by atoms with Crippen molar-refractivity contribution < 1.29 is 13.2 Å². The first-order chi connectivity index (χ1) is 14.3. The van der Waals surface area contributed by atoms with Crippen molar-refractivity contribution in [2.45, 2.75) is 0 Å². The van der Waals surface area contributed by atoms with Gasteiger partial charge in [0.25, 0.3) is 11.5 Å². The molecule has 0 spiro atoms. The molecule has 1 amide bonds. The van der Waals surface area contributed by atoms with Gasteiger partial charge in [0.05, 0.1) is 22.8 Å². The van der Waals surface area contributed by atoms with E-state index in [-0.39, 0.29) is 43.0 Å². The summed E-state index contributed by atoms with van der Waals surface area (Å²) in [6.07, 6.45) is 1.15. The maximum absolute atomic E-state index is 12.8. The molecule has 0 unspecified atom stereocenters. The summed E-state index contributed by atoms with van der Waals surface area (Å²) in [7, 11) is -3.29. The number of rotatable bonds is 3. The molecule has 1 aliphatic rings. The molecule has 0 aliphatic carbocycles. The van der Waals surface area contributed by atoms with Crippen molar-refractivity contribution in [3.05, 3.63) is 74.9 Å². The van der Waals surface area contributed by atoms with Crippen LogP contribution in [0.4, 0.5) is 0 Å². The van der Waals surface area contributed by atoms with Gasteiger partial charge in [-0.25, -0.2) is 17.8 Å². The summed E-state index contributed by atoms with van der Waals surface area (Å²) in [4.78, 5) is 42.4. The molecule has 10 heteroatoms. The lowest BCUT2D eigenvalue weighted by Crippen LogP contribution is -2.50. The highest BCUT2D eigenvalue weighted by Crippen LogP contribution is 2.15. The van der Waals surface area contributed by atoms with Gasteiger partial charge in [-0.3, -0.25) is 9.59 Å². The number of carbonyl (C=O) groups excluding carboxylic acids is 1. The van der Waals surface area contributed by atoms with Crippen molar-refractivity contribution in [2.75, 3.05) is 32.4 Å². The summed E-state index contributed by atoms with van der Waals surface area (Å²) in [6, 6.07) is 13.1. The van der Waals surface area contributed by atoms with Crippen molar-refractivity contribution in [2.24, 2.45) is 0 Å². The predicted octanol–water partition coefficient (Wildman–Crippen LogP) is 0.396. The van der Waals surface area contributed by atoms with Crippen LogP contribution in [0.15, 0.2) is 58.1 Å². The molecular formula is C20H20N4O5S. The zero-order chi connectivity index (χ0) is 21.5. The number of aromatic nitrogens is 2. The number of nitrogens with zero attached hydrogens (tertiary/aromatic N) is 3. The average molecular weight is 428 g/mol. The van der Waals surface area contributed by atoms with Gasteiger partial charge in [-0.05, 0) is 30.3 Å². The van der Waals surface area contributed by atoms with E-state index in [4.69, 9.17) is 0 Å². The molecule has 1 aromatic heterocycles. The number of para-hydroxylation sites is 1. The first kappa shape index (κ1) is 20.0. The minimum Gasteiger partial charge on any atom is -0.336 e. The van der Waals surface area contributed by atoms with Gasteiger partial charge in [0.15, 0.2) is 0 Å². The Morgan fingerprint density at radius 2 is 1.63 bits per heavy atom. The number of nitrogens with one attached hydrogen (secondary N) is 1. The van der Waals surface area contributed by atoms with Crippen molar-refractivity contribution in [3.8, 4) is 5.69 Å². The number of hydrogen-bond donors (Lipinski definition) is 1. The number of H-pyrrole nitrogens is 1. The third-order valence-corrected chi connectivity index (χ3v) is 6.46. The molecule has 1 aliphatic heterocycles. The van der Waals surface area contributed by atoms with Crippen molar-refractivity contribution in [3.63, 3.8) is 0 Å². The summed E-state index contributed by atoms with van der Waals surface area (Å²) < 4.78 is 25.6. The quantitative estimate of drug-likeness (QED) is 0.649. The van der Waals surface area contributed by atoms with E-state index in [0.29, 0.717) is 11.3 Å². The first-order valence-electron chi connectivity index (χ1n) is 9.34. The third-order valence-electron chi connectivity index (χ3n) is 5.15. The highest BCUT2D eigenvalue weighted by molar-refractivity contribution is 7.88. The van der Waals surface area contributed by atoms with Crippen LogP contribution in [0, 0.1) is 0 Å². The number of amides is 1. The van der Waals surface area contributed by atoms with Crippen molar-refractivity contribution >= 4 is 26.8 Å². The van der Waals surface area contributed by atoms with E-state index in [1.54, 1.807) is 41.3 Å². The second-order valence-electron chi connectivity index (χ2n) is 7.12. The van der Waals surface area contributed by atoms with Gasteiger partial charge in [-0.2, -0.15) is 4.31 Å². The Kier molecular flexibility index (Phi) is 5.04.